The Kier molecular flexibility index (Phi) is 6.89. The molecule has 0 spiro atoms. The molecule has 0 bridgehead atoms. The van der Waals surface area contributed by atoms with E-state index in [2.05, 4.69) is 88.4 Å². The van der Waals surface area contributed by atoms with Gasteiger partial charge in [0.05, 0.1) is 7.11 Å². The maximum atomic E-state index is 5.59. The van der Waals surface area contributed by atoms with Crippen LogP contribution in [0.1, 0.15) is 11.1 Å². The largest absolute Gasteiger partial charge is 0.496 e. The minimum atomic E-state index is 0.847. The third-order valence-corrected chi connectivity index (χ3v) is 5.27. The van der Waals surface area contributed by atoms with Crippen molar-refractivity contribution >= 4 is 26.7 Å². The molecule has 0 saturated heterocycles. The molecule has 0 N–H and O–H groups in total. The standard InChI is InChI=1S/C23H27BrN2O/c1-25(2)13-14-26(17-20-15-21(24)11-12-23(20)27-3)16-19-9-6-8-18-7-4-5-10-22(18)19/h4-12,15H,13-14,16-17H2,1-3H3. The summed E-state index contributed by atoms with van der Waals surface area (Å²) in [5, 5.41) is 2.62. The molecule has 27 heavy (non-hydrogen) atoms. The summed E-state index contributed by atoms with van der Waals surface area (Å²) in [6, 6.07) is 21.4. The van der Waals surface area contributed by atoms with Crippen LogP contribution in [0.4, 0.5) is 0 Å². The van der Waals surface area contributed by atoms with Gasteiger partial charge in [-0.15, -0.1) is 0 Å². The smallest absolute Gasteiger partial charge is 0.123 e. The van der Waals surface area contributed by atoms with Gasteiger partial charge in [0, 0.05) is 36.2 Å². The molecule has 0 amide bonds. The molecule has 0 aliphatic heterocycles. The summed E-state index contributed by atoms with van der Waals surface area (Å²) in [5.74, 6) is 0.936. The molecule has 0 aliphatic carbocycles. The van der Waals surface area contributed by atoms with Gasteiger partial charge in [-0.2, -0.15) is 0 Å². The van der Waals surface area contributed by atoms with Crippen LogP contribution in [-0.4, -0.2) is 44.1 Å². The predicted octanol–water partition coefficient (Wildman–Crippen LogP) is 5.17. The zero-order valence-electron chi connectivity index (χ0n) is 16.3. The average molecular weight is 427 g/mol. The molecule has 0 saturated carbocycles. The molecule has 0 radical (unpaired) electrons. The average Bonchev–Trinajstić information content (AvgIpc) is 2.66. The van der Waals surface area contributed by atoms with Gasteiger partial charge in [0.25, 0.3) is 0 Å². The normalized spacial score (nSPS) is 11.5. The lowest BCUT2D eigenvalue weighted by molar-refractivity contribution is 0.224. The Hall–Kier alpha value is -1.88. The van der Waals surface area contributed by atoms with Crippen LogP contribution in [-0.2, 0) is 13.1 Å². The number of hydrogen-bond acceptors (Lipinski definition) is 3. The summed E-state index contributed by atoms with van der Waals surface area (Å²) in [6.45, 7) is 3.76. The van der Waals surface area contributed by atoms with Gasteiger partial charge in [0.15, 0.2) is 0 Å². The molecule has 142 valence electrons. The van der Waals surface area contributed by atoms with Crippen molar-refractivity contribution in [3.05, 3.63) is 76.3 Å². The summed E-state index contributed by atoms with van der Waals surface area (Å²) in [6.07, 6.45) is 0. The number of methoxy groups -OCH3 is 1. The van der Waals surface area contributed by atoms with Crippen LogP contribution in [0.3, 0.4) is 0 Å². The molecule has 0 aliphatic rings. The first-order valence-electron chi connectivity index (χ1n) is 9.23. The fraction of sp³-hybridized carbons (Fsp3) is 0.304. The Labute approximate surface area is 170 Å². The summed E-state index contributed by atoms with van der Waals surface area (Å²) >= 11 is 3.59. The second-order valence-electron chi connectivity index (χ2n) is 7.11. The number of benzene rings is 3. The lowest BCUT2D eigenvalue weighted by Crippen LogP contribution is -2.31. The maximum Gasteiger partial charge on any atom is 0.123 e. The number of rotatable bonds is 8. The minimum absolute atomic E-state index is 0.847. The van der Waals surface area contributed by atoms with Crippen LogP contribution in [0.2, 0.25) is 0 Å². The van der Waals surface area contributed by atoms with Gasteiger partial charge >= 0.3 is 0 Å². The van der Waals surface area contributed by atoms with E-state index < -0.39 is 0 Å². The Morgan fingerprint density at radius 1 is 0.852 bits per heavy atom. The monoisotopic (exact) mass is 426 g/mol. The number of nitrogens with zero attached hydrogens (tertiary/aromatic N) is 2. The number of halogens is 1. The Balaban J connectivity index is 1.88. The van der Waals surface area contributed by atoms with Crippen molar-refractivity contribution in [3.8, 4) is 5.75 Å². The first-order chi connectivity index (χ1) is 13.1. The van der Waals surface area contributed by atoms with E-state index in [4.69, 9.17) is 4.74 Å². The van der Waals surface area contributed by atoms with E-state index in [1.807, 2.05) is 12.1 Å². The van der Waals surface area contributed by atoms with Gasteiger partial charge in [0.1, 0.15) is 5.75 Å². The highest BCUT2D eigenvalue weighted by Gasteiger charge is 2.13. The van der Waals surface area contributed by atoms with Crippen molar-refractivity contribution in [3.63, 3.8) is 0 Å². The molecule has 0 aromatic heterocycles. The highest BCUT2D eigenvalue weighted by Crippen LogP contribution is 2.26. The first kappa shape index (κ1) is 19.9. The van der Waals surface area contributed by atoms with E-state index in [9.17, 15) is 0 Å². The van der Waals surface area contributed by atoms with Gasteiger partial charge < -0.3 is 9.64 Å². The first-order valence-corrected chi connectivity index (χ1v) is 10.0. The lowest BCUT2D eigenvalue weighted by Gasteiger charge is -2.26. The summed E-state index contributed by atoms with van der Waals surface area (Å²) < 4.78 is 6.67. The molecule has 3 nitrogen and oxygen atoms in total. The third kappa shape index (κ3) is 5.32. The van der Waals surface area contributed by atoms with Crippen LogP contribution in [0, 0.1) is 0 Å². The molecule has 0 fully saturated rings. The van der Waals surface area contributed by atoms with Crippen LogP contribution in [0.25, 0.3) is 10.8 Å². The molecule has 4 heteroatoms. The topological polar surface area (TPSA) is 15.7 Å². The molecule has 3 aromatic carbocycles. The van der Waals surface area contributed by atoms with Crippen molar-refractivity contribution in [1.82, 2.24) is 9.80 Å². The molecule has 3 rings (SSSR count). The van der Waals surface area contributed by atoms with Crippen molar-refractivity contribution in [2.75, 3.05) is 34.3 Å². The van der Waals surface area contributed by atoms with E-state index in [0.717, 1.165) is 36.4 Å². The number of fused-ring (bicyclic) bond motifs is 1. The van der Waals surface area contributed by atoms with Crippen LogP contribution < -0.4 is 4.74 Å². The van der Waals surface area contributed by atoms with Gasteiger partial charge in [-0.05, 0) is 48.6 Å². The SMILES string of the molecule is COc1ccc(Br)cc1CN(CCN(C)C)Cc1cccc2ccccc12. The van der Waals surface area contributed by atoms with Gasteiger partial charge in [-0.25, -0.2) is 0 Å². The van der Waals surface area contributed by atoms with Crippen LogP contribution in [0.15, 0.2) is 65.1 Å². The number of hydrogen-bond donors (Lipinski definition) is 0. The molecule has 3 aromatic rings. The summed E-state index contributed by atoms with van der Waals surface area (Å²) in [7, 11) is 5.98. The van der Waals surface area contributed by atoms with Crippen molar-refractivity contribution in [2.24, 2.45) is 0 Å². The van der Waals surface area contributed by atoms with E-state index in [0.29, 0.717) is 0 Å². The molecular formula is C23H27BrN2O. The minimum Gasteiger partial charge on any atom is -0.496 e. The Morgan fingerprint density at radius 3 is 2.37 bits per heavy atom. The fourth-order valence-corrected chi connectivity index (χ4v) is 3.75. The van der Waals surface area contributed by atoms with Crippen LogP contribution >= 0.6 is 15.9 Å². The Bertz CT molecular complexity index is 889. The van der Waals surface area contributed by atoms with Gasteiger partial charge in [-0.3, -0.25) is 4.90 Å². The van der Waals surface area contributed by atoms with Crippen molar-refractivity contribution in [2.45, 2.75) is 13.1 Å². The molecule has 0 unspecified atom stereocenters. The number of ether oxygens (including phenoxy) is 1. The van der Waals surface area contributed by atoms with E-state index >= 15 is 0 Å². The van der Waals surface area contributed by atoms with E-state index in [-0.39, 0.29) is 0 Å². The summed E-state index contributed by atoms with van der Waals surface area (Å²) in [4.78, 5) is 4.72. The van der Waals surface area contributed by atoms with E-state index in [1.54, 1.807) is 7.11 Å². The zero-order chi connectivity index (χ0) is 19.2. The molecular weight excluding hydrogens is 400 g/mol. The molecule has 0 atom stereocenters. The predicted molar refractivity (Wildman–Crippen MR) is 117 cm³/mol. The second kappa shape index (κ2) is 9.36. The third-order valence-electron chi connectivity index (χ3n) is 4.77. The van der Waals surface area contributed by atoms with Gasteiger partial charge in [0.2, 0.25) is 0 Å². The van der Waals surface area contributed by atoms with Crippen LogP contribution in [0.5, 0.6) is 5.75 Å². The number of likely N-dealkylation sites (N-methyl/N-ethyl adjacent to an activating group) is 1. The quantitative estimate of drug-likeness (QED) is 0.493. The second-order valence-corrected chi connectivity index (χ2v) is 8.02. The van der Waals surface area contributed by atoms with Crippen molar-refractivity contribution in [1.29, 1.82) is 0 Å². The summed E-state index contributed by atoms with van der Waals surface area (Å²) in [5.41, 5.74) is 2.56. The maximum absolute atomic E-state index is 5.59. The zero-order valence-corrected chi connectivity index (χ0v) is 17.9. The lowest BCUT2D eigenvalue weighted by atomic mass is 10.0. The Morgan fingerprint density at radius 2 is 1.59 bits per heavy atom. The fourth-order valence-electron chi connectivity index (χ4n) is 3.34. The van der Waals surface area contributed by atoms with Crippen molar-refractivity contribution < 1.29 is 4.74 Å². The van der Waals surface area contributed by atoms with Gasteiger partial charge in [-0.1, -0.05) is 58.4 Å². The highest BCUT2D eigenvalue weighted by atomic mass is 79.9. The highest BCUT2D eigenvalue weighted by molar-refractivity contribution is 9.10. The van der Waals surface area contributed by atoms with E-state index in [1.165, 1.54) is 21.9 Å². The molecule has 0 heterocycles.